The second-order valence-corrected chi connectivity index (χ2v) is 3.19. The monoisotopic (exact) mass is 196 g/mol. The van der Waals surface area contributed by atoms with Crippen molar-refractivity contribution in [1.29, 1.82) is 0 Å². The number of nitrogens with zero attached hydrogens (tertiary/aromatic N) is 1. The quantitative estimate of drug-likeness (QED) is 0.624. The van der Waals surface area contributed by atoms with Gasteiger partial charge in [-0.2, -0.15) is 0 Å². The van der Waals surface area contributed by atoms with Gasteiger partial charge in [-0.05, 0) is 26.1 Å². The van der Waals surface area contributed by atoms with Gasteiger partial charge in [0, 0.05) is 18.0 Å². The molecule has 0 aliphatic rings. The highest BCUT2D eigenvalue weighted by Gasteiger charge is 2.17. The highest BCUT2D eigenvalue weighted by Crippen LogP contribution is 2.16. The first kappa shape index (κ1) is 11.1. The minimum Gasteiger partial charge on any atom is -0.390 e. The largest absolute Gasteiger partial charge is 0.390 e. The number of pyridine rings is 1. The van der Waals surface area contributed by atoms with Gasteiger partial charge in [-0.3, -0.25) is 4.98 Å². The Labute approximate surface area is 83.6 Å². The molecule has 0 aromatic carbocycles. The molecule has 14 heavy (non-hydrogen) atoms. The van der Waals surface area contributed by atoms with E-state index in [9.17, 15) is 10.2 Å². The zero-order valence-electron chi connectivity index (χ0n) is 8.22. The van der Waals surface area contributed by atoms with Crippen molar-refractivity contribution in [1.82, 2.24) is 10.3 Å². The van der Waals surface area contributed by atoms with Gasteiger partial charge < -0.3 is 15.5 Å². The molecule has 4 heteroatoms. The van der Waals surface area contributed by atoms with Crippen LogP contribution in [0.5, 0.6) is 0 Å². The molecule has 78 valence electrons. The molecule has 0 aliphatic heterocycles. The van der Waals surface area contributed by atoms with Crippen LogP contribution in [0.15, 0.2) is 24.5 Å². The van der Waals surface area contributed by atoms with Crippen molar-refractivity contribution >= 4 is 0 Å². The zero-order valence-corrected chi connectivity index (χ0v) is 8.22. The first-order valence-electron chi connectivity index (χ1n) is 4.66. The van der Waals surface area contributed by atoms with Crippen LogP contribution < -0.4 is 5.32 Å². The first-order chi connectivity index (χ1) is 6.75. The van der Waals surface area contributed by atoms with Gasteiger partial charge in [-0.15, -0.1) is 0 Å². The third-order valence-electron chi connectivity index (χ3n) is 2.08. The number of nitrogens with one attached hydrogen (secondary N) is 1. The predicted octanol–water partition coefficient (Wildman–Crippen LogP) is 0.0854. The molecule has 1 aromatic heterocycles. The molecule has 0 radical (unpaired) electrons. The lowest BCUT2D eigenvalue weighted by molar-refractivity contribution is 0.0138. The molecular weight excluding hydrogens is 180 g/mol. The molecule has 3 N–H and O–H groups in total. The second kappa shape index (κ2) is 5.70. The Bertz CT molecular complexity index is 254. The molecule has 0 amide bonds. The summed E-state index contributed by atoms with van der Waals surface area (Å²) in [5.74, 6) is 0. The van der Waals surface area contributed by atoms with Crippen molar-refractivity contribution < 1.29 is 10.2 Å². The average molecular weight is 196 g/mol. The van der Waals surface area contributed by atoms with Crippen LogP contribution in [0.4, 0.5) is 0 Å². The predicted molar refractivity (Wildman–Crippen MR) is 53.7 cm³/mol. The Kier molecular flexibility index (Phi) is 4.52. The van der Waals surface area contributed by atoms with Crippen molar-refractivity contribution in [3.05, 3.63) is 30.1 Å². The number of aliphatic hydroxyl groups excluding tert-OH is 2. The summed E-state index contributed by atoms with van der Waals surface area (Å²) >= 11 is 0. The molecule has 0 spiro atoms. The fourth-order valence-electron chi connectivity index (χ4n) is 1.22. The fraction of sp³-hybridized carbons (Fsp3) is 0.500. The number of hydrogen-bond donors (Lipinski definition) is 3. The van der Waals surface area contributed by atoms with Crippen molar-refractivity contribution in [3.8, 4) is 0 Å². The van der Waals surface area contributed by atoms with Crippen LogP contribution in [0.3, 0.4) is 0 Å². The van der Waals surface area contributed by atoms with E-state index >= 15 is 0 Å². The summed E-state index contributed by atoms with van der Waals surface area (Å²) in [7, 11) is 1.81. The number of aromatic nitrogens is 1. The standard InChI is InChI=1S/C10H16N2O2/c1-11-6-4-9(13)10(14)8-3-2-5-12-7-8/h2-3,5,7,9-11,13-14H,4,6H2,1H3. The third kappa shape index (κ3) is 3.06. The van der Waals surface area contributed by atoms with E-state index in [2.05, 4.69) is 10.3 Å². The van der Waals surface area contributed by atoms with E-state index in [1.54, 1.807) is 24.5 Å². The molecule has 1 aromatic rings. The van der Waals surface area contributed by atoms with Crippen LogP contribution in [0, 0.1) is 0 Å². The van der Waals surface area contributed by atoms with E-state index in [0.717, 1.165) is 0 Å². The molecule has 1 heterocycles. The Morgan fingerprint density at radius 3 is 2.86 bits per heavy atom. The van der Waals surface area contributed by atoms with Crippen LogP contribution >= 0.6 is 0 Å². The maximum Gasteiger partial charge on any atom is 0.106 e. The zero-order chi connectivity index (χ0) is 10.4. The molecular formula is C10H16N2O2. The lowest BCUT2D eigenvalue weighted by atomic mass is 10.0. The van der Waals surface area contributed by atoms with Crippen LogP contribution in [-0.4, -0.2) is 34.9 Å². The van der Waals surface area contributed by atoms with Gasteiger partial charge >= 0.3 is 0 Å². The van der Waals surface area contributed by atoms with Crippen molar-refractivity contribution in [2.75, 3.05) is 13.6 Å². The fourth-order valence-corrected chi connectivity index (χ4v) is 1.22. The van der Waals surface area contributed by atoms with E-state index in [-0.39, 0.29) is 0 Å². The van der Waals surface area contributed by atoms with Gasteiger partial charge in [-0.1, -0.05) is 6.07 Å². The summed E-state index contributed by atoms with van der Waals surface area (Å²) in [6, 6.07) is 3.49. The van der Waals surface area contributed by atoms with Gasteiger partial charge in [0.25, 0.3) is 0 Å². The third-order valence-corrected chi connectivity index (χ3v) is 2.08. The van der Waals surface area contributed by atoms with Crippen LogP contribution in [0.2, 0.25) is 0 Å². The highest BCUT2D eigenvalue weighted by molar-refractivity contribution is 5.12. The number of rotatable bonds is 5. The summed E-state index contributed by atoms with van der Waals surface area (Å²) in [5.41, 5.74) is 0.649. The van der Waals surface area contributed by atoms with E-state index in [1.807, 2.05) is 7.05 Å². The van der Waals surface area contributed by atoms with Gasteiger partial charge in [-0.25, -0.2) is 0 Å². The van der Waals surface area contributed by atoms with Gasteiger partial charge in [0.15, 0.2) is 0 Å². The van der Waals surface area contributed by atoms with Crippen molar-refractivity contribution in [3.63, 3.8) is 0 Å². The smallest absolute Gasteiger partial charge is 0.106 e. The molecule has 0 saturated heterocycles. The van der Waals surface area contributed by atoms with Gasteiger partial charge in [0.2, 0.25) is 0 Å². The van der Waals surface area contributed by atoms with E-state index in [0.29, 0.717) is 18.5 Å². The number of hydrogen-bond acceptors (Lipinski definition) is 4. The first-order valence-corrected chi connectivity index (χ1v) is 4.66. The Hall–Kier alpha value is -0.970. The summed E-state index contributed by atoms with van der Waals surface area (Å²) in [5, 5.41) is 22.2. The Morgan fingerprint density at radius 2 is 2.29 bits per heavy atom. The second-order valence-electron chi connectivity index (χ2n) is 3.19. The molecule has 2 atom stereocenters. The normalized spacial score (nSPS) is 15.1. The lowest BCUT2D eigenvalue weighted by Crippen LogP contribution is -2.23. The van der Waals surface area contributed by atoms with Crippen LogP contribution in [0.1, 0.15) is 18.1 Å². The van der Waals surface area contributed by atoms with E-state index in [4.69, 9.17) is 0 Å². The van der Waals surface area contributed by atoms with Gasteiger partial charge in [0.05, 0.1) is 6.10 Å². The molecule has 4 nitrogen and oxygen atoms in total. The van der Waals surface area contributed by atoms with Crippen LogP contribution in [-0.2, 0) is 0 Å². The topological polar surface area (TPSA) is 65.4 Å². The van der Waals surface area contributed by atoms with Crippen molar-refractivity contribution in [2.45, 2.75) is 18.6 Å². The SMILES string of the molecule is CNCCC(O)C(O)c1cccnc1. The summed E-state index contributed by atoms with van der Waals surface area (Å²) in [6.07, 6.45) is 2.12. The number of aliphatic hydroxyl groups is 2. The molecule has 1 rings (SSSR count). The van der Waals surface area contributed by atoms with Gasteiger partial charge in [0.1, 0.15) is 6.10 Å². The summed E-state index contributed by atoms with van der Waals surface area (Å²) in [4.78, 5) is 3.88. The summed E-state index contributed by atoms with van der Waals surface area (Å²) in [6.45, 7) is 0.679. The lowest BCUT2D eigenvalue weighted by Gasteiger charge is -2.17. The van der Waals surface area contributed by atoms with Crippen LogP contribution in [0.25, 0.3) is 0 Å². The highest BCUT2D eigenvalue weighted by atomic mass is 16.3. The minimum absolute atomic E-state index is 0.520. The summed E-state index contributed by atoms with van der Waals surface area (Å²) < 4.78 is 0. The molecule has 0 aliphatic carbocycles. The van der Waals surface area contributed by atoms with E-state index < -0.39 is 12.2 Å². The average Bonchev–Trinajstić information content (AvgIpc) is 2.26. The molecule has 0 bridgehead atoms. The van der Waals surface area contributed by atoms with E-state index in [1.165, 1.54) is 0 Å². The minimum atomic E-state index is -0.850. The molecule has 0 saturated carbocycles. The Morgan fingerprint density at radius 1 is 1.50 bits per heavy atom. The maximum atomic E-state index is 9.70. The van der Waals surface area contributed by atoms with Crippen molar-refractivity contribution in [2.24, 2.45) is 0 Å². The molecule has 2 unspecified atom stereocenters. The Balaban J connectivity index is 2.52. The molecule has 0 fully saturated rings. The maximum absolute atomic E-state index is 9.70.